The Balaban J connectivity index is 1.34. The summed E-state index contributed by atoms with van der Waals surface area (Å²) >= 11 is 0. The molecule has 0 unspecified atom stereocenters. The van der Waals surface area contributed by atoms with Gasteiger partial charge in [0, 0.05) is 0 Å². The summed E-state index contributed by atoms with van der Waals surface area (Å²) in [5.74, 6) is 0.332. The SMILES string of the molecule is Cc1cc(C)cc(OC(=O)c2ccc(N3C(=O)[C@@H]4[C@H]5CC[C@@H](C5)[C@@H]4C3=O)cc2)c1. The van der Waals surface area contributed by atoms with Crippen LogP contribution in [0.2, 0.25) is 0 Å². The summed E-state index contributed by atoms with van der Waals surface area (Å²) in [4.78, 5) is 39.7. The number of carbonyl (C=O) groups excluding carboxylic acids is 3. The number of anilines is 1. The fraction of sp³-hybridized carbons (Fsp3) is 0.375. The number of hydrogen-bond donors (Lipinski definition) is 0. The van der Waals surface area contributed by atoms with E-state index in [4.69, 9.17) is 4.74 Å². The Hall–Kier alpha value is -2.95. The van der Waals surface area contributed by atoms with Gasteiger partial charge in [-0.2, -0.15) is 0 Å². The van der Waals surface area contributed by atoms with Gasteiger partial charge >= 0.3 is 5.97 Å². The lowest BCUT2D eigenvalue weighted by molar-refractivity contribution is -0.123. The summed E-state index contributed by atoms with van der Waals surface area (Å²) in [5.41, 5.74) is 2.96. The lowest BCUT2D eigenvalue weighted by Crippen LogP contribution is -2.32. The molecule has 2 aliphatic carbocycles. The lowest BCUT2D eigenvalue weighted by Gasteiger charge is -2.19. The molecule has 0 spiro atoms. The third-order valence-corrected chi connectivity index (χ3v) is 6.69. The maximum atomic E-state index is 12.9. The first-order valence-corrected chi connectivity index (χ1v) is 10.2. The standard InChI is InChI=1S/C24H23NO4/c1-13-9-14(2)11-19(10-13)29-24(28)15-5-7-18(8-6-15)25-22(26)20-16-3-4-17(12-16)21(20)23(25)27/h5-11,16-17,20-21H,3-4,12H2,1-2H3/t16-,17-,20-,21+/m0/s1. The molecule has 2 aromatic rings. The Morgan fingerprint density at radius 1 is 0.897 bits per heavy atom. The number of nitrogens with zero attached hydrogens (tertiary/aromatic N) is 1. The average Bonchev–Trinajstić information content (AvgIpc) is 3.35. The third-order valence-electron chi connectivity index (χ3n) is 6.69. The van der Waals surface area contributed by atoms with E-state index in [1.54, 1.807) is 24.3 Å². The number of aryl methyl sites for hydroxylation is 2. The molecule has 1 saturated heterocycles. The molecule has 0 N–H and O–H groups in total. The third kappa shape index (κ3) is 2.87. The van der Waals surface area contributed by atoms with E-state index in [-0.39, 0.29) is 23.7 Å². The van der Waals surface area contributed by atoms with Crippen LogP contribution in [0.15, 0.2) is 42.5 Å². The first kappa shape index (κ1) is 18.1. The highest BCUT2D eigenvalue weighted by molar-refractivity contribution is 6.22. The van der Waals surface area contributed by atoms with E-state index in [1.807, 2.05) is 32.0 Å². The van der Waals surface area contributed by atoms with Crippen molar-refractivity contribution < 1.29 is 19.1 Å². The number of rotatable bonds is 3. The minimum Gasteiger partial charge on any atom is -0.423 e. The maximum Gasteiger partial charge on any atom is 0.343 e. The van der Waals surface area contributed by atoms with Crippen molar-refractivity contribution in [1.82, 2.24) is 0 Å². The molecular formula is C24H23NO4. The second kappa shape index (κ2) is 6.55. The predicted octanol–water partition coefficient (Wildman–Crippen LogP) is 4.06. The van der Waals surface area contributed by atoms with E-state index in [9.17, 15) is 14.4 Å². The van der Waals surface area contributed by atoms with Crippen LogP contribution in [0.5, 0.6) is 5.75 Å². The average molecular weight is 389 g/mol. The molecule has 1 heterocycles. The number of ether oxygens (including phenoxy) is 1. The van der Waals surface area contributed by atoms with Crippen LogP contribution in [0.1, 0.15) is 40.7 Å². The molecule has 2 bridgehead atoms. The molecular weight excluding hydrogens is 366 g/mol. The molecule has 148 valence electrons. The second-order valence-corrected chi connectivity index (χ2v) is 8.66. The highest BCUT2D eigenvalue weighted by Gasteiger charge is 2.61. The van der Waals surface area contributed by atoms with Gasteiger partial charge in [-0.3, -0.25) is 14.5 Å². The number of carbonyl (C=O) groups is 3. The number of fused-ring (bicyclic) bond motifs is 5. The molecule has 2 amide bonds. The van der Waals surface area contributed by atoms with Gasteiger partial charge in [-0.15, -0.1) is 0 Å². The maximum absolute atomic E-state index is 12.9. The molecule has 5 rings (SSSR count). The normalized spacial score (nSPS) is 27.4. The number of benzene rings is 2. The Morgan fingerprint density at radius 3 is 2.00 bits per heavy atom. The molecule has 29 heavy (non-hydrogen) atoms. The summed E-state index contributed by atoms with van der Waals surface area (Å²) in [5, 5.41) is 0. The van der Waals surface area contributed by atoms with Crippen molar-refractivity contribution in [2.24, 2.45) is 23.7 Å². The van der Waals surface area contributed by atoms with Crippen molar-refractivity contribution in [3.05, 3.63) is 59.2 Å². The van der Waals surface area contributed by atoms with Crippen LogP contribution in [0.25, 0.3) is 0 Å². The van der Waals surface area contributed by atoms with Crippen molar-refractivity contribution in [3.63, 3.8) is 0 Å². The van der Waals surface area contributed by atoms with Crippen LogP contribution >= 0.6 is 0 Å². The molecule has 4 atom stereocenters. The van der Waals surface area contributed by atoms with Crippen LogP contribution in [0.4, 0.5) is 5.69 Å². The molecule has 0 radical (unpaired) electrons. The van der Waals surface area contributed by atoms with Crippen molar-refractivity contribution in [2.45, 2.75) is 33.1 Å². The van der Waals surface area contributed by atoms with Crippen LogP contribution < -0.4 is 9.64 Å². The minimum atomic E-state index is -0.462. The van der Waals surface area contributed by atoms with Crippen molar-refractivity contribution in [1.29, 1.82) is 0 Å². The molecule has 2 aromatic carbocycles. The zero-order valence-electron chi connectivity index (χ0n) is 16.6. The Kier molecular flexibility index (Phi) is 4.09. The van der Waals surface area contributed by atoms with Crippen molar-refractivity contribution in [3.8, 4) is 5.75 Å². The lowest BCUT2D eigenvalue weighted by atomic mass is 9.81. The van der Waals surface area contributed by atoms with Gasteiger partial charge in [0.25, 0.3) is 0 Å². The highest BCUT2D eigenvalue weighted by atomic mass is 16.5. The van der Waals surface area contributed by atoms with Gasteiger partial charge in [0.1, 0.15) is 5.75 Å². The number of amides is 2. The first-order valence-electron chi connectivity index (χ1n) is 10.2. The van der Waals surface area contributed by atoms with Gasteiger partial charge < -0.3 is 4.74 Å². The fourth-order valence-corrected chi connectivity index (χ4v) is 5.57. The van der Waals surface area contributed by atoms with Gasteiger partial charge in [-0.1, -0.05) is 6.07 Å². The predicted molar refractivity (Wildman–Crippen MR) is 108 cm³/mol. The Morgan fingerprint density at radius 2 is 1.45 bits per heavy atom. The van der Waals surface area contributed by atoms with E-state index in [2.05, 4.69) is 0 Å². The van der Waals surface area contributed by atoms with Crippen LogP contribution in [0, 0.1) is 37.5 Å². The molecule has 5 nitrogen and oxygen atoms in total. The van der Waals surface area contributed by atoms with Gasteiger partial charge in [-0.05, 0) is 92.5 Å². The molecule has 0 aromatic heterocycles. The molecule has 1 aliphatic heterocycles. The second-order valence-electron chi connectivity index (χ2n) is 8.66. The molecule has 3 fully saturated rings. The summed E-state index contributed by atoms with van der Waals surface area (Å²) < 4.78 is 5.48. The quantitative estimate of drug-likeness (QED) is 0.451. The van der Waals surface area contributed by atoms with E-state index < -0.39 is 5.97 Å². The zero-order valence-corrected chi connectivity index (χ0v) is 16.6. The van der Waals surface area contributed by atoms with E-state index in [1.165, 1.54) is 4.90 Å². The van der Waals surface area contributed by atoms with Crippen LogP contribution in [0.3, 0.4) is 0 Å². The highest BCUT2D eigenvalue weighted by Crippen LogP contribution is 2.56. The Bertz CT molecular complexity index is 977. The van der Waals surface area contributed by atoms with Gasteiger partial charge in [-0.25, -0.2) is 4.79 Å². The summed E-state index contributed by atoms with van der Waals surface area (Å²) in [6.45, 7) is 3.90. The van der Waals surface area contributed by atoms with Crippen LogP contribution in [-0.4, -0.2) is 17.8 Å². The van der Waals surface area contributed by atoms with E-state index in [0.29, 0.717) is 28.8 Å². The van der Waals surface area contributed by atoms with Crippen molar-refractivity contribution >= 4 is 23.5 Å². The number of esters is 1. The van der Waals surface area contributed by atoms with Crippen LogP contribution in [-0.2, 0) is 9.59 Å². The largest absolute Gasteiger partial charge is 0.423 e. The molecule has 5 heteroatoms. The summed E-state index contributed by atoms with van der Waals surface area (Å²) in [6.07, 6.45) is 3.13. The van der Waals surface area contributed by atoms with Gasteiger partial charge in [0.2, 0.25) is 11.8 Å². The summed E-state index contributed by atoms with van der Waals surface area (Å²) in [6, 6.07) is 12.2. The fourth-order valence-electron chi connectivity index (χ4n) is 5.57. The Labute approximate surface area is 169 Å². The minimum absolute atomic E-state index is 0.0715. The van der Waals surface area contributed by atoms with E-state index >= 15 is 0 Å². The molecule has 3 aliphatic rings. The zero-order chi connectivity index (χ0) is 20.3. The van der Waals surface area contributed by atoms with Gasteiger partial charge in [0.15, 0.2) is 0 Å². The van der Waals surface area contributed by atoms with Gasteiger partial charge in [0.05, 0.1) is 23.1 Å². The number of hydrogen-bond acceptors (Lipinski definition) is 4. The summed E-state index contributed by atoms with van der Waals surface area (Å²) in [7, 11) is 0. The smallest absolute Gasteiger partial charge is 0.343 e. The van der Waals surface area contributed by atoms with E-state index in [0.717, 1.165) is 30.4 Å². The van der Waals surface area contributed by atoms with Crippen molar-refractivity contribution in [2.75, 3.05) is 4.90 Å². The topological polar surface area (TPSA) is 63.7 Å². The molecule has 2 saturated carbocycles. The monoisotopic (exact) mass is 389 g/mol. The first-order chi connectivity index (χ1) is 13.9. The number of imide groups is 1.